The Morgan fingerprint density at radius 1 is 1.31 bits per heavy atom. The zero-order valence-corrected chi connectivity index (χ0v) is 19.4. The van der Waals surface area contributed by atoms with E-state index in [0.29, 0.717) is 5.92 Å². The third-order valence-electron chi connectivity index (χ3n) is 6.06. The number of hydrogen-bond donors (Lipinski definition) is 0. The predicted octanol–water partition coefficient (Wildman–Crippen LogP) is 6.38. The lowest BCUT2D eigenvalue weighted by atomic mass is 9.62. The Morgan fingerprint density at radius 2 is 2.00 bits per heavy atom. The van der Waals surface area contributed by atoms with Crippen molar-refractivity contribution in [2.45, 2.75) is 72.8 Å². The lowest BCUT2D eigenvalue weighted by Crippen LogP contribution is -2.39. The van der Waals surface area contributed by atoms with E-state index in [0.717, 1.165) is 44.0 Å². The Labute approximate surface area is 173 Å². The van der Waals surface area contributed by atoms with Crippen LogP contribution in [0.25, 0.3) is 0 Å². The smallest absolute Gasteiger partial charge is 0.148 e. The van der Waals surface area contributed by atoms with Crippen molar-refractivity contribution >= 4 is 28.9 Å². The summed E-state index contributed by atoms with van der Waals surface area (Å²) in [6, 6.07) is 0. The number of allylic oxidation sites excluding steroid dienone is 4. The van der Waals surface area contributed by atoms with Crippen molar-refractivity contribution in [3.8, 4) is 0 Å². The van der Waals surface area contributed by atoms with Crippen LogP contribution in [0.1, 0.15) is 66.7 Å². The van der Waals surface area contributed by atoms with Crippen molar-refractivity contribution in [1.29, 1.82) is 0 Å². The summed E-state index contributed by atoms with van der Waals surface area (Å²) in [6.07, 6.45) is 8.44. The Bertz CT molecular complexity index is 562. The minimum atomic E-state index is -0.143. The van der Waals surface area contributed by atoms with Crippen LogP contribution in [0.4, 0.5) is 0 Å². The molecule has 4 heteroatoms. The summed E-state index contributed by atoms with van der Waals surface area (Å²) >= 11 is 2.30. The Morgan fingerprint density at radius 3 is 2.58 bits per heavy atom. The Kier molecular flexibility index (Phi) is 10.3. The normalized spacial score (nSPS) is 27.8. The molecule has 0 saturated heterocycles. The quantitative estimate of drug-likeness (QED) is 0.160. The highest BCUT2D eigenvalue weighted by Gasteiger charge is 2.41. The molecule has 0 aromatic rings. The molecule has 26 heavy (non-hydrogen) atoms. The second-order valence-electron chi connectivity index (χ2n) is 7.86. The molecule has 0 aromatic heterocycles. The average molecular weight is 474 g/mol. The van der Waals surface area contributed by atoms with E-state index in [9.17, 15) is 4.79 Å². The third-order valence-corrected chi connectivity index (χ3v) is 7.13. The van der Waals surface area contributed by atoms with Gasteiger partial charge in [-0.1, -0.05) is 59.2 Å². The maximum Gasteiger partial charge on any atom is 0.148 e. The number of ether oxygens (including phenoxy) is 2. The van der Waals surface area contributed by atoms with Crippen molar-refractivity contribution in [2.24, 2.45) is 11.3 Å². The molecule has 0 spiro atoms. The molecular formula is C22H35IO3. The SMILES string of the molecule is COCO[C@H]1C[C@@H](C)[C@](C)(CC/C(C)=C/CC/C(C)=C/I)C(C)=C1C=O. The van der Waals surface area contributed by atoms with Crippen LogP contribution in [0.15, 0.2) is 32.5 Å². The minimum Gasteiger partial charge on any atom is -0.359 e. The zero-order valence-electron chi connectivity index (χ0n) is 17.2. The molecule has 0 aliphatic heterocycles. The number of rotatable bonds is 10. The second kappa shape index (κ2) is 11.4. The maximum absolute atomic E-state index is 11.7. The number of hydrogen-bond acceptors (Lipinski definition) is 3. The van der Waals surface area contributed by atoms with Crippen LogP contribution in [0.3, 0.4) is 0 Å². The summed E-state index contributed by atoms with van der Waals surface area (Å²) in [4.78, 5) is 11.7. The summed E-state index contributed by atoms with van der Waals surface area (Å²) in [5, 5.41) is 0. The number of aldehydes is 1. The van der Waals surface area contributed by atoms with Crippen LogP contribution in [0.5, 0.6) is 0 Å². The van der Waals surface area contributed by atoms with Gasteiger partial charge in [-0.2, -0.15) is 0 Å². The van der Waals surface area contributed by atoms with Gasteiger partial charge in [0.15, 0.2) is 0 Å². The molecule has 0 fully saturated rings. The van der Waals surface area contributed by atoms with Crippen LogP contribution in [0.2, 0.25) is 0 Å². The van der Waals surface area contributed by atoms with Gasteiger partial charge in [0, 0.05) is 12.7 Å². The number of carbonyl (C=O) groups is 1. The van der Waals surface area contributed by atoms with Crippen LogP contribution < -0.4 is 0 Å². The summed E-state index contributed by atoms with van der Waals surface area (Å²) in [5.74, 6) is 0.463. The summed E-state index contributed by atoms with van der Waals surface area (Å²) < 4.78 is 12.9. The molecule has 0 heterocycles. The first-order valence-corrected chi connectivity index (χ1v) is 10.7. The first-order chi connectivity index (χ1) is 12.3. The first-order valence-electron chi connectivity index (χ1n) is 9.48. The molecule has 0 saturated carbocycles. The van der Waals surface area contributed by atoms with E-state index in [1.54, 1.807) is 7.11 Å². The van der Waals surface area contributed by atoms with Gasteiger partial charge >= 0.3 is 0 Å². The van der Waals surface area contributed by atoms with Gasteiger partial charge in [0.2, 0.25) is 0 Å². The number of halogens is 1. The van der Waals surface area contributed by atoms with Gasteiger partial charge < -0.3 is 9.47 Å². The van der Waals surface area contributed by atoms with E-state index in [4.69, 9.17) is 9.47 Å². The van der Waals surface area contributed by atoms with Crippen LogP contribution in [-0.4, -0.2) is 26.3 Å². The summed E-state index contributed by atoms with van der Waals surface area (Å²) in [7, 11) is 1.61. The fourth-order valence-electron chi connectivity index (χ4n) is 3.71. The zero-order chi connectivity index (χ0) is 19.7. The lowest BCUT2D eigenvalue weighted by molar-refractivity contribution is -0.110. The van der Waals surface area contributed by atoms with Gasteiger partial charge in [0.05, 0.1) is 6.10 Å². The highest BCUT2D eigenvalue weighted by atomic mass is 127. The van der Waals surface area contributed by atoms with Crippen molar-refractivity contribution in [3.63, 3.8) is 0 Å². The van der Waals surface area contributed by atoms with E-state index >= 15 is 0 Å². The summed E-state index contributed by atoms with van der Waals surface area (Å²) in [5.41, 5.74) is 4.91. The predicted molar refractivity (Wildman–Crippen MR) is 117 cm³/mol. The monoisotopic (exact) mass is 474 g/mol. The van der Waals surface area contributed by atoms with Crippen molar-refractivity contribution in [3.05, 3.63) is 32.5 Å². The van der Waals surface area contributed by atoms with Gasteiger partial charge in [-0.25, -0.2) is 0 Å². The largest absolute Gasteiger partial charge is 0.359 e. The molecule has 3 atom stereocenters. The summed E-state index contributed by atoms with van der Waals surface area (Å²) in [6.45, 7) is 11.3. The number of carbonyl (C=O) groups excluding carboxylic acids is 1. The van der Waals surface area contributed by atoms with Crippen LogP contribution in [0, 0.1) is 11.3 Å². The van der Waals surface area contributed by atoms with Gasteiger partial charge in [-0.3, -0.25) is 4.79 Å². The van der Waals surface area contributed by atoms with Gasteiger partial charge in [-0.15, -0.1) is 0 Å². The van der Waals surface area contributed by atoms with Crippen LogP contribution >= 0.6 is 22.6 Å². The first kappa shape index (κ1) is 23.6. The molecule has 0 N–H and O–H groups in total. The molecule has 1 rings (SSSR count). The topological polar surface area (TPSA) is 35.5 Å². The molecule has 1 aliphatic rings. The molecule has 0 radical (unpaired) electrons. The van der Waals surface area contributed by atoms with Crippen LogP contribution in [-0.2, 0) is 14.3 Å². The van der Waals surface area contributed by atoms with Crippen molar-refractivity contribution < 1.29 is 14.3 Å². The molecular weight excluding hydrogens is 439 g/mol. The molecule has 0 unspecified atom stereocenters. The Hall–Kier alpha value is -0.460. The molecule has 3 nitrogen and oxygen atoms in total. The Balaban J connectivity index is 2.83. The van der Waals surface area contributed by atoms with E-state index < -0.39 is 0 Å². The molecule has 1 aliphatic carbocycles. The highest BCUT2D eigenvalue weighted by Crippen LogP contribution is 2.48. The molecule has 0 aromatic carbocycles. The molecule has 0 amide bonds. The van der Waals surface area contributed by atoms with E-state index in [1.165, 1.54) is 16.7 Å². The van der Waals surface area contributed by atoms with Gasteiger partial charge in [0.25, 0.3) is 0 Å². The minimum absolute atomic E-state index is 0.0380. The van der Waals surface area contributed by atoms with Crippen molar-refractivity contribution in [1.82, 2.24) is 0 Å². The standard InChI is InChI=1S/C22H35IO3/c1-16(8-7-9-17(2)13-23)10-11-22(5)18(3)12-21(26-15-25-6)20(14-24)19(22)4/h8,13-14,18,21H,7,9-12,15H2,1-6H3/b16-8+,17-13+/t18-,21+,22+/m1/s1. The van der Waals surface area contributed by atoms with E-state index in [-0.39, 0.29) is 18.3 Å². The van der Waals surface area contributed by atoms with E-state index in [2.05, 4.69) is 67.4 Å². The van der Waals surface area contributed by atoms with E-state index in [1.807, 2.05) is 0 Å². The third kappa shape index (κ3) is 6.31. The molecule has 0 bridgehead atoms. The average Bonchev–Trinajstić information content (AvgIpc) is 2.62. The van der Waals surface area contributed by atoms with Gasteiger partial charge in [-0.05, 0) is 68.3 Å². The fraction of sp³-hybridized carbons (Fsp3) is 0.682. The number of methoxy groups -OCH3 is 1. The fourth-order valence-corrected chi connectivity index (χ4v) is 4.03. The second-order valence-corrected chi connectivity index (χ2v) is 8.48. The maximum atomic E-state index is 11.7. The molecule has 148 valence electrons. The van der Waals surface area contributed by atoms with Crippen molar-refractivity contribution in [2.75, 3.05) is 13.9 Å². The lowest BCUT2D eigenvalue weighted by Gasteiger charge is -2.44. The highest BCUT2D eigenvalue weighted by molar-refractivity contribution is 14.1. The van der Waals surface area contributed by atoms with Gasteiger partial charge in [0.1, 0.15) is 13.1 Å².